The lowest BCUT2D eigenvalue weighted by atomic mass is 9.99. The molecule has 1 saturated heterocycles. The molecule has 0 saturated carbocycles. The van der Waals surface area contributed by atoms with Crippen LogP contribution in [0.25, 0.3) is 10.8 Å². The molecular formula is C18H22N2O. The van der Waals surface area contributed by atoms with Gasteiger partial charge in [-0.1, -0.05) is 42.5 Å². The number of benzene rings is 2. The Labute approximate surface area is 125 Å². The molecule has 0 aromatic heterocycles. The number of fused-ring (bicyclic) bond motifs is 1. The summed E-state index contributed by atoms with van der Waals surface area (Å²) in [5.41, 5.74) is 1.17. The maximum absolute atomic E-state index is 12.3. The lowest BCUT2D eigenvalue weighted by Crippen LogP contribution is -2.49. The van der Waals surface area contributed by atoms with Crippen molar-refractivity contribution in [2.45, 2.75) is 44.8 Å². The molecule has 1 heterocycles. The van der Waals surface area contributed by atoms with Gasteiger partial charge in [0.2, 0.25) is 5.91 Å². The van der Waals surface area contributed by atoms with Crippen LogP contribution in [0.3, 0.4) is 0 Å². The predicted molar refractivity (Wildman–Crippen MR) is 86.0 cm³/mol. The summed E-state index contributed by atoms with van der Waals surface area (Å²) in [6.45, 7) is 2.73. The van der Waals surface area contributed by atoms with Gasteiger partial charge in [-0.05, 0) is 42.5 Å². The minimum absolute atomic E-state index is 0.0382. The molecule has 2 aromatic rings. The first-order chi connectivity index (χ1) is 10.2. The van der Waals surface area contributed by atoms with Crippen LogP contribution in [-0.2, 0) is 11.3 Å². The Balaban J connectivity index is 1.67. The number of hydrogen-bond acceptors (Lipinski definition) is 2. The molecule has 2 unspecified atom stereocenters. The van der Waals surface area contributed by atoms with Crippen molar-refractivity contribution in [1.82, 2.24) is 10.6 Å². The van der Waals surface area contributed by atoms with Gasteiger partial charge in [0.1, 0.15) is 0 Å². The second-order valence-corrected chi connectivity index (χ2v) is 5.91. The van der Waals surface area contributed by atoms with Crippen molar-refractivity contribution in [2.24, 2.45) is 0 Å². The molecule has 110 valence electrons. The minimum Gasteiger partial charge on any atom is -0.351 e. The van der Waals surface area contributed by atoms with Crippen LogP contribution in [0.4, 0.5) is 0 Å². The van der Waals surface area contributed by atoms with Gasteiger partial charge < -0.3 is 10.6 Å². The molecule has 0 bridgehead atoms. The first kappa shape index (κ1) is 14.1. The predicted octanol–water partition coefficient (Wildman–Crippen LogP) is 2.99. The summed E-state index contributed by atoms with van der Waals surface area (Å²) in [5, 5.41) is 8.89. The SMILES string of the molecule is CC1CCCC(C(=O)NCc2cccc3ccccc23)N1. The zero-order valence-electron chi connectivity index (χ0n) is 12.4. The van der Waals surface area contributed by atoms with Gasteiger partial charge in [-0.15, -0.1) is 0 Å². The van der Waals surface area contributed by atoms with E-state index in [-0.39, 0.29) is 11.9 Å². The number of hydrogen-bond donors (Lipinski definition) is 2. The highest BCUT2D eigenvalue weighted by Gasteiger charge is 2.23. The Morgan fingerprint density at radius 3 is 2.86 bits per heavy atom. The molecule has 1 fully saturated rings. The van der Waals surface area contributed by atoms with Crippen molar-refractivity contribution < 1.29 is 4.79 Å². The molecule has 1 amide bonds. The van der Waals surface area contributed by atoms with Crippen LogP contribution in [0.15, 0.2) is 42.5 Å². The molecule has 2 atom stereocenters. The maximum atomic E-state index is 12.3. The van der Waals surface area contributed by atoms with Gasteiger partial charge in [0.15, 0.2) is 0 Å². The van der Waals surface area contributed by atoms with Gasteiger partial charge in [0.25, 0.3) is 0 Å². The van der Waals surface area contributed by atoms with E-state index in [1.807, 2.05) is 18.2 Å². The van der Waals surface area contributed by atoms with Crippen LogP contribution < -0.4 is 10.6 Å². The molecule has 2 aromatic carbocycles. The molecule has 3 heteroatoms. The van der Waals surface area contributed by atoms with E-state index in [2.05, 4.69) is 41.8 Å². The summed E-state index contributed by atoms with van der Waals surface area (Å²) in [6, 6.07) is 14.9. The maximum Gasteiger partial charge on any atom is 0.237 e. The highest BCUT2D eigenvalue weighted by Crippen LogP contribution is 2.18. The van der Waals surface area contributed by atoms with Crippen LogP contribution in [0.1, 0.15) is 31.7 Å². The molecule has 2 N–H and O–H groups in total. The fourth-order valence-corrected chi connectivity index (χ4v) is 3.10. The van der Waals surface area contributed by atoms with Crippen LogP contribution in [0, 0.1) is 0 Å². The van der Waals surface area contributed by atoms with Crippen molar-refractivity contribution in [1.29, 1.82) is 0 Å². The topological polar surface area (TPSA) is 41.1 Å². The Morgan fingerprint density at radius 2 is 2.00 bits per heavy atom. The van der Waals surface area contributed by atoms with Crippen molar-refractivity contribution >= 4 is 16.7 Å². The largest absolute Gasteiger partial charge is 0.351 e. The smallest absolute Gasteiger partial charge is 0.237 e. The van der Waals surface area contributed by atoms with E-state index in [1.165, 1.54) is 16.3 Å². The molecule has 0 radical (unpaired) electrons. The quantitative estimate of drug-likeness (QED) is 0.908. The summed E-state index contributed by atoms with van der Waals surface area (Å²) in [7, 11) is 0. The first-order valence-electron chi connectivity index (χ1n) is 7.74. The molecule has 3 nitrogen and oxygen atoms in total. The van der Waals surface area contributed by atoms with E-state index in [1.54, 1.807) is 0 Å². The Morgan fingerprint density at radius 1 is 1.19 bits per heavy atom. The number of amides is 1. The van der Waals surface area contributed by atoms with Gasteiger partial charge in [-0.3, -0.25) is 4.79 Å². The minimum atomic E-state index is -0.0382. The molecule has 1 aliphatic heterocycles. The lowest BCUT2D eigenvalue weighted by Gasteiger charge is -2.27. The molecular weight excluding hydrogens is 260 g/mol. The highest BCUT2D eigenvalue weighted by atomic mass is 16.2. The van der Waals surface area contributed by atoms with Gasteiger partial charge >= 0.3 is 0 Å². The van der Waals surface area contributed by atoms with Crippen molar-refractivity contribution in [3.05, 3.63) is 48.0 Å². The van der Waals surface area contributed by atoms with Crippen molar-refractivity contribution in [2.75, 3.05) is 0 Å². The molecule has 3 rings (SSSR count). The summed E-state index contributed by atoms with van der Waals surface area (Å²) in [5.74, 6) is 0.120. The van der Waals surface area contributed by atoms with Crippen LogP contribution in [0.5, 0.6) is 0 Å². The summed E-state index contributed by atoms with van der Waals surface area (Å²) >= 11 is 0. The summed E-state index contributed by atoms with van der Waals surface area (Å²) in [4.78, 5) is 12.3. The Bertz CT molecular complexity index is 633. The monoisotopic (exact) mass is 282 g/mol. The van der Waals surface area contributed by atoms with E-state index in [9.17, 15) is 4.79 Å². The highest BCUT2D eigenvalue weighted by molar-refractivity contribution is 5.87. The average Bonchev–Trinajstić information content (AvgIpc) is 2.52. The van der Waals surface area contributed by atoms with E-state index in [0.717, 1.165) is 19.3 Å². The Kier molecular flexibility index (Phi) is 4.20. The van der Waals surface area contributed by atoms with Gasteiger partial charge in [0.05, 0.1) is 6.04 Å². The standard InChI is InChI=1S/C18H22N2O/c1-13-6-4-11-17(20-13)18(21)19-12-15-9-5-8-14-7-2-3-10-16(14)15/h2-3,5,7-10,13,17,20H,4,6,11-12H2,1H3,(H,19,21). The van der Waals surface area contributed by atoms with Crippen molar-refractivity contribution in [3.63, 3.8) is 0 Å². The third-order valence-corrected chi connectivity index (χ3v) is 4.27. The van der Waals surface area contributed by atoms with Crippen molar-refractivity contribution in [3.8, 4) is 0 Å². The van der Waals surface area contributed by atoms with E-state index >= 15 is 0 Å². The fourth-order valence-electron chi connectivity index (χ4n) is 3.10. The fraction of sp³-hybridized carbons (Fsp3) is 0.389. The van der Waals surface area contributed by atoms with Gasteiger partial charge in [-0.2, -0.15) is 0 Å². The lowest BCUT2D eigenvalue weighted by molar-refractivity contribution is -0.124. The molecule has 21 heavy (non-hydrogen) atoms. The summed E-state index contributed by atoms with van der Waals surface area (Å²) in [6.07, 6.45) is 3.22. The molecule has 0 spiro atoms. The number of carbonyl (C=O) groups excluding carboxylic acids is 1. The number of nitrogens with one attached hydrogen (secondary N) is 2. The molecule has 1 aliphatic rings. The van der Waals surface area contributed by atoms with Crippen LogP contribution >= 0.6 is 0 Å². The van der Waals surface area contributed by atoms with Gasteiger partial charge in [0, 0.05) is 12.6 Å². The first-order valence-corrected chi connectivity index (χ1v) is 7.74. The average molecular weight is 282 g/mol. The number of rotatable bonds is 3. The van der Waals surface area contributed by atoms with E-state index < -0.39 is 0 Å². The van der Waals surface area contributed by atoms with Gasteiger partial charge in [-0.25, -0.2) is 0 Å². The number of carbonyl (C=O) groups is 1. The second kappa shape index (κ2) is 6.27. The van der Waals surface area contributed by atoms with E-state index in [4.69, 9.17) is 0 Å². The zero-order valence-corrected chi connectivity index (χ0v) is 12.4. The normalized spacial score (nSPS) is 22.1. The van der Waals surface area contributed by atoms with Crippen LogP contribution in [0.2, 0.25) is 0 Å². The number of piperidine rings is 1. The Hall–Kier alpha value is -1.87. The summed E-state index contributed by atoms with van der Waals surface area (Å²) < 4.78 is 0. The third kappa shape index (κ3) is 3.24. The zero-order chi connectivity index (χ0) is 14.7. The van der Waals surface area contributed by atoms with E-state index in [0.29, 0.717) is 12.6 Å². The molecule has 0 aliphatic carbocycles. The third-order valence-electron chi connectivity index (χ3n) is 4.27. The second-order valence-electron chi connectivity index (χ2n) is 5.91. The van der Waals surface area contributed by atoms with Crippen LogP contribution in [-0.4, -0.2) is 18.0 Å².